The molecule has 2 aromatic carbocycles. The quantitative estimate of drug-likeness (QED) is 0.700. The highest BCUT2D eigenvalue weighted by atomic mass is 16.5. The third kappa shape index (κ3) is 4.91. The molecule has 0 spiro atoms. The van der Waals surface area contributed by atoms with Crippen molar-refractivity contribution in [2.45, 2.75) is 12.6 Å². The van der Waals surface area contributed by atoms with E-state index in [2.05, 4.69) is 39.5 Å². The van der Waals surface area contributed by atoms with Crippen LogP contribution in [0.4, 0.5) is 0 Å². The smallest absolute Gasteiger partial charge is 0.234 e. The molecule has 4 rings (SSSR count). The number of nitrogens with zero attached hydrogens (tertiary/aromatic N) is 2. The molecule has 1 aliphatic heterocycles. The second-order valence-electron chi connectivity index (χ2n) is 7.16. The lowest BCUT2D eigenvalue weighted by molar-refractivity contribution is -0.124. The predicted molar refractivity (Wildman–Crippen MR) is 112 cm³/mol. The summed E-state index contributed by atoms with van der Waals surface area (Å²) in [7, 11) is 1.67. The van der Waals surface area contributed by atoms with E-state index < -0.39 is 0 Å². The fraction of sp³-hybridized carbons (Fsp3) is 0.304. The molecule has 0 unspecified atom stereocenters. The SMILES string of the molecule is COc1ccc2cc([C@@H]3CN(CC(=O)NCc4ccccn4)CCO3)ccc2c1. The third-order valence-electron chi connectivity index (χ3n) is 5.15. The van der Waals surface area contributed by atoms with Gasteiger partial charge in [0, 0.05) is 19.3 Å². The summed E-state index contributed by atoms with van der Waals surface area (Å²) < 4.78 is 11.3. The molecule has 1 atom stereocenters. The molecule has 1 aromatic heterocycles. The van der Waals surface area contributed by atoms with Crippen LogP contribution in [0.5, 0.6) is 5.75 Å². The number of pyridine rings is 1. The van der Waals surface area contributed by atoms with Crippen LogP contribution in [0.15, 0.2) is 60.8 Å². The normalized spacial score (nSPS) is 17.2. The van der Waals surface area contributed by atoms with E-state index in [1.165, 1.54) is 0 Å². The van der Waals surface area contributed by atoms with Gasteiger partial charge in [0.15, 0.2) is 0 Å². The molecule has 0 saturated carbocycles. The largest absolute Gasteiger partial charge is 0.497 e. The lowest BCUT2D eigenvalue weighted by atomic mass is 10.0. The van der Waals surface area contributed by atoms with Crippen LogP contribution in [0.3, 0.4) is 0 Å². The van der Waals surface area contributed by atoms with Crippen LogP contribution in [0.1, 0.15) is 17.4 Å². The van der Waals surface area contributed by atoms with E-state index in [0.29, 0.717) is 26.2 Å². The van der Waals surface area contributed by atoms with E-state index in [1.807, 2.05) is 30.3 Å². The average molecular weight is 391 g/mol. The van der Waals surface area contributed by atoms with Crippen LogP contribution in [0.2, 0.25) is 0 Å². The Morgan fingerprint density at radius 1 is 1.21 bits per heavy atom. The van der Waals surface area contributed by atoms with Crippen LogP contribution in [0, 0.1) is 0 Å². The molecule has 2 heterocycles. The number of rotatable bonds is 6. The van der Waals surface area contributed by atoms with Crippen LogP contribution in [-0.2, 0) is 16.1 Å². The van der Waals surface area contributed by atoms with Gasteiger partial charge >= 0.3 is 0 Å². The highest BCUT2D eigenvalue weighted by Crippen LogP contribution is 2.27. The minimum absolute atomic E-state index is 0.00177. The van der Waals surface area contributed by atoms with Crippen LogP contribution in [0.25, 0.3) is 10.8 Å². The maximum atomic E-state index is 12.3. The topological polar surface area (TPSA) is 63.7 Å². The molecule has 0 radical (unpaired) electrons. The Bertz CT molecular complexity index is 978. The van der Waals surface area contributed by atoms with Gasteiger partial charge in [-0.25, -0.2) is 0 Å². The van der Waals surface area contributed by atoms with Gasteiger partial charge in [0.25, 0.3) is 0 Å². The van der Waals surface area contributed by atoms with E-state index in [4.69, 9.17) is 9.47 Å². The van der Waals surface area contributed by atoms with Crippen molar-refractivity contribution in [3.8, 4) is 5.75 Å². The molecular formula is C23H25N3O3. The highest BCUT2D eigenvalue weighted by Gasteiger charge is 2.23. The Hall–Kier alpha value is -2.96. The number of nitrogens with one attached hydrogen (secondary N) is 1. The molecule has 3 aromatic rings. The van der Waals surface area contributed by atoms with Crippen LogP contribution < -0.4 is 10.1 Å². The van der Waals surface area contributed by atoms with E-state index in [1.54, 1.807) is 13.3 Å². The molecular weight excluding hydrogens is 366 g/mol. The summed E-state index contributed by atoms with van der Waals surface area (Å²) in [6.45, 7) is 2.86. The number of aromatic nitrogens is 1. The Kier molecular flexibility index (Phi) is 6.03. The van der Waals surface area contributed by atoms with Gasteiger partial charge in [0.1, 0.15) is 5.75 Å². The number of carbonyl (C=O) groups is 1. The molecule has 0 bridgehead atoms. The minimum atomic E-state index is -0.0427. The zero-order valence-electron chi connectivity index (χ0n) is 16.5. The molecule has 150 valence electrons. The first-order valence-corrected chi connectivity index (χ1v) is 9.79. The van der Waals surface area contributed by atoms with Gasteiger partial charge in [0.05, 0.1) is 38.6 Å². The summed E-state index contributed by atoms with van der Waals surface area (Å²) in [4.78, 5) is 18.7. The van der Waals surface area contributed by atoms with Crippen molar-refractivity contribution in [3.05, 3.63) is 72.1 Å². The number of ether oxygens (including phenoxy) is 2. The van der Waals surface area contributed by atoms with Gasteiger partial charge in [-0.3, -0.25) is 14.7 Å². The van der Waals surface area contributed by atoms with Crippen molar-refractivity contribution in [1.82, 2.24) is 15.2 Å². The Balaban J connectivity index is 1.36. The molecule has 6 heteroatoms. The number of carbonyl (C=O) groups excluding carboxylic acids is 1. The number of hydrogen-bond donors (Lipinski definition) is 1. The van der Waals surface area contributed by atoms with E-state index in [-0.39, 0.29) is 12.0 Å². The van der Waals surface area contributed by atoms with Crippen molar-refractivity contribution < 1.29 is 14.3 Å². The summed E-state index contributed by atoms with van der Waals surface area (Å²) in [5, 5.41) is 5.22. The van der Waals surface area contributed by atoms with Gasteiger partial charge in [-0.1, -0.05) is 24.3 Å². The Morgan fingerprint density at radius 2 is 2.07 bits per heavy atom. The molecule has 29 heavy (non-hydrogen) atoms. The number of fused-ring (bicyclic) bond motifs is 1. The second kappa shape index (κ2) is 9.03. The molecule has 0 aliphatic carbocycles. The van der Waals surface area contributed by atoms with Gasteiger partial charge in [-0.2, -0.15) is 0 Å². The van der Waals surface area contributed by atoms with Crippen molar-refractivity contribution in [2.75, 3.05) is 33.4 Å². The molecule has 1 aliphatic rings. The summed E-state index contributed by atoms with van der Waals surface area (Å²) in [6.07, 6.45) is 1.69. The monoisotopic (exact) mass is 391 g/mol. The predicted octanol–water partition coefficient (Wildman–Crippen LogP) is 2.93. The molecule has 1 saturated heterocycles. The average Bonchev–Trinajstić information content (AvgIpc) is 2.78. The number of morpholine rings is 1. The fourth-order valence-electron chi connectivity index (χ4n) is 3.57. The van der Waals surface area contributed by atoms with Crippen molar-refractivity contribution >= 4 is 16.7 Å². The number of hydrogen-bond acceptors (Lipinski definition) is 5. The van der Waals surface area contributed by atoms with E-state index in [9.17, 15) is 4.79 Å². The number of benzene rings is 2. The Morgan fingerprint density at radius 3 is 2.90 bits per heavy atom. The summed E-state index contributed by atoms with van der Waals surface area (Å²) in [5.74, 6) is 0.851. The van der Waals surface area contributed by atoms with E-state index >= 15 is 0 Å². The first kappa shape index (κ1) is 19.4. The van der Waals surface area contributed by atoms with Gasteiger partial charge in [0.2, 0.25) is 5.91 Å². The lowest BCUT2D eigenvalue weighted by Crippen LogP contribution is -2.44. The zero-order valence-corrected chi connectivity index (χ0v) is 16.5. The molecule has 1 amide bonds. The highest BCUT2D eigenvalue weighted by molar-refractivity contribution is 5.84. The summed E-state index contributed by atoms with van der Waals surface area (Å²) in [5.41, 5.74) is 1.98. The minimum Gasteiger partial charge on any atom is -0.497 e. The van der Waals surface area contributed by atoms with Crippen molar-refractivity contribution in [1.29, 1.82) is 0 Å². The standard InChI is InChI=1S/C23H25N3O3/c1-28-21-8-7-17-12-19(6-5-18(17)13-21)22-15-26(10-11-29-22)16-23(27)25-14-20-4-2-3-9-24-20/h2-9,12-13,22H,10-11,14-16H2,1H3,(H,25,27)/t22-/m0/s1. The lowest BCUT2D eigenvalue weighted by Gasteiger charge is -2.32. The molecule has 1 fully saturated rings. The second-order valence-corrected chi connectivity index (χ2v) is 7.16. The van der Waals surface area contributed by atoms with Crippen molar-refractivity contribution in [3.63, 3.8) is 0 Å². The van der Waals surface area contributed by atoms with Crippen LogP contribution >= 0.6 is 0 Å². The van der Waals surface area contributed by atoms with Gasteiger partial charge < -0.3 is 14.8 Å². The summed E-state index contributed by atoms with van der Waals surface area (Å²) in [6, 6.07) is 18.1. The zero-order chi connectivity index (χ0) is 20.1. The summed E-state index contributed by atoms with van der Waals surface area (Å²) >= 11 is 0. The third-order valence-corrected chi connectivity index (χ3v) is 5.15. The van der Waals surface area contributed by atoms with Crippen LogP contribution in [-0.4, -0.2) is 49.1 Å². The first-order chi connectivity index (χ1) is 14.2. The number of methoxy groups -OCH3 is 1. The molecule has 1 N–H and O–H groups in total. The Labute approximate surface area is 170 Å². The van der Waals surface area contributed by atoms with Gasteiger partial charge in [-0.05, 0) is 46.7 Å². The maximum absolute atomic E-state index is 12.3. The van der Waals surface area contributed by atoms with Gasteiger partial charge in [-0.15, -0.1) is 0 Å². The first-order valence-electron chi connectivity index (χ1n) is 9.79. The maximum Gasteiger partial charge on any atom is 0.234 e. The molecule has 6 nitrogen and oxygen atoms in total. The van der Waals surface area contributed by atoms with Crippen molar-refractivity contribution in [2.24, 2.45) is 0 Å². The number of amides is 1. The van der Waals surface area contributed by atoms with E-state index in [0.717, 1.165) is 34.3 Å². The fourth-order valence-corrected chi connectivity index (χ4v) is 3.57.